The summed E-state index contributed by atoms with van der Waals surface area (Å²) in [5.74, 6) is -2.37. The first kappa shape index (κ1) is 50.2. The maximum Gasteiger partial charge on any atom is 0.472 e. The lowest BCUT2D eigenvalue weighted by Crippen LogP contribution is -2.34. The minimum Gasteiger partial charge on any atom is -0.480 e. The van der Waals surface area contributed by atoms with Crippen LogP contribution in [0.3, 0.4) is 0 Å². The molecule has 0 fully saturated rings. The summed E-state index contributed by atoms with van der Waals surface area (Å²) >= 11 is 0. The van der Waals surface area contributed by atoms with Gasteiger partial charge in [0.25, 0.3) is 0 Å². The summed E-state index contributed by atoms with van der Waals surface area (Å²) in [6.45, 7) is 2.78. The molecule has 4 N–H and O–H groups in total. The van der Waals surface area contributed by atoms with E-state index < -0.39 is 51.1 Å². The zero-order valence-corrected chi connectivity index (χ0v) is 33.8. The number of carbonyl (C=O) groups excluding carboxylic acids is 2. The summed E-state index contributed by atoms with van der Waals surface area (Å²) in [5, 5.41) is 8.87. The van der Waals surface area contributed by atoms with Gasteiger partial charge in [-0.3, -0.25) is 23.4 Å². The van der Waals surface area contributed by atoms with E-state index in [0.29, 0.717) is 12.8 Å². The van der Waals surface area contributed by atoms with Gasteiger partial charge in [-0.15, -0.1) is 0 Å². The number of nitrogens with two attached hydrogens (primary N) is 1. The average Bonchev–Trinajstić information content (AvgIpc) is 3.12. The van der Waals surface area contributed by atoms with E-state index >= 15 is 0 Å². The second kappa shape index (κ2) is 36.2. The Hall–Kier alpha value is -1.78. The summed E-state index contributed by atoms with van der Waals surface area (Å²) < 4.78 is 32.6. The first-order chi connectivity index (χ1) is 25.1. The molecule has 12 heteroatoms. The van der Waals surface area contributed by atoms with Gasteiger partial charge >= 0.3 is 25.7 Å². The lowest BCUT2D eigenvalue weighted by molar-refractivity contribution is -0.161. The molecule has 0 spiro atoms. The fourth-order valence-corrected chi connectivity index (χ4v) is 6.47. The molecule has 1 unspecified atom stereocenters. The Kier molecular flexibility index (Phi) is 35.0. The number of allylic oxidation sites excluding steroid dienone is 2. The Bertz CT molecular complexity index is 947. The van der Waals surface area contributed by atoms with Crippen molar-refractivity contribution in [3.05, 3.63) is 12.2 Å². The Labute approximate surface area is 316 Å². The highest BCUT2D eigenvalue weighted by atomic mass is 31.2. The van der Waals surface area contributed by atoms with Crippen molar-refractivity contribution in [1.82, 2.24) is 0 Å². The number of phosphoric ester groups is 1. The zero-order chi connectivity index (χ0) is 38.5. The minimum atomic E-state index is -4.71. The predicted octanol–water partition coefficient (Wildman–Crippen LogP) is 10.5. The molecule has 0 aliphatic rings. The van der Waals surface area contributed by atoms with Crippen LogP contribution < -0.4 is 5.73 Å². The summed E-state index contributed by atoms with van der Waals surface area (Å²) in [5.41, 5.74) is 5.32. The van der Waals surface area contributed by atoms with E-state index in [4.69, 9.17) is 24.8 Å². The van der Waals surface area contributed by atoms with E-state index in [-0.39, 0.29) is 19.4 Å². The van der Waals surface area contributed by atoms with Crippen molar-refractivity contribution in [1.29, 1.82) is 0 Å². The second-order valence-corrected chi connectivity index (χ2v) is 15.6. The smallest absolute Gasteiger partial charge is 0.472 e. The third-order valence-electron chi connectivity index (χ3n) is 9.01. The van der Waals surface area contributed by atoms with Crippen LogP contribution in [0.15, 0.2) is 12.2 Å². The fourth-order valence-electron chi connectivity index (χ4n) is 5.69. The van der Waals surface area contributed by atoms with Gasteiger partial charge < -0.3 is 25.2 Å². The number of phosphoric acid groups is 1. The number of rotatable bonds is 39. The third kappa shape index (κ3) is 35.3. The number of hydrogen-bond donors (Lipinski definition) is 3. The molecule has 0 radical (unpaired) electrons. The number of carboxylic acid groups (broad SMARTS) is 1. The lowest BCUT2D eigenvalue weighted by atomic mass is 10.0. The van der Waals surface area contributed by atoms with Crippen LogP contribution in [0.5, 0.6) is 0 Å². The molecule has 0 aromatic rings. The minimum absolute atomic E-state index is 0.163. The Morgan fingerprint density at radius 3 is 1.46 bits per heavy atom. The van der Waals surface area contributed by atoms with Gasteiger partial charge in [0, 0.05) is 12.8 Å². The van der Waals surface area contributed by atoms with Crippen LogP contribution in [0.4, 0.5) is 0 Å². The van der Waals surface area contributed by atoms with Crippen LogP contribution in [0.2, 0.25) is 0 Å². The second-order valence-electron chi connectivity index (χ2n) is 14.1. The number of aliphatic carboxylic acids is 1. The molecule has 0 bridgehead atoms. The van der Waals surface area contributed by atoms with E-state index in [1.54, 1.807) is 0 Å². The summed E-state index contributed by atoms with van der Waals surface area (Å²) in [6.07, 6.45) is 34.1. The molecule has 0 saturated heterocycles. The molecule has 52 heavy (non-hydrogen) atoms. The molecular formula is C40H76NO10P. The van der Waals surface area contributed by atoms with Crippen molar-refractivity contribution in [2.45, 2.75) is 206 Å². The van der Waals surface area contributed by atoms with Crippen molar-refractivity contribution < 1.29 is 47.5 Å². The quantitative estimate of drug-likeness (QED) is 0.0235. The van der Waals surface area contributed by atoms with Gasteiger partial charge in [-0.1, -0.05) is 161 Å². The van der Waals surface area contributed by atoms with Crippen molar-refractivity contribution in [3.63, 3.8) is 0 Å². The van der Waals surface area contributed by atoms with Gasteiger partial charge in [-0.2, -0.15) is 0 Å². The molecular weight excluding hydrogens is 685 g/mol. The average molecular weight is 762 g/mol. The highest BCUT2D eigenvalue weighted by Gasteiger charge is 2.28. The summed E-state index contributed by atoms with van der Waals surface area (Å²) in [7, 11) is -4.71. The topological polar surface area (TPSA) is 172 Å². The van der Waals surface area contributed by atoms with Crippen LogP contribution in [0, 0.1) is 0 Å². The van der Waals surface area contributed by atoms with Crippen molar-refractivity contribution in [2.24, 2.45) is 5.73 Å². The van der Waals surface area contributed by atoms with Gasteiger partial charge in [0.05, 0.1) is 13.2 Å². The highest BCUT2D eigenvalue weighted by Crippen LogP contribution is 2.43. The van der Waals surface area contributed by atoms with E-state index in [1.165, 1.54) is 116 Å². The third-order valence-corrected chi connectivity index (χ3v) is 9.96. The number of carboxylic acids is 1. The number of hydrogen-bond acceptors (Lipinski definition) is 9. The van der Waals surface area contributed by atoms with Gasteiger partial charge in [-0.25, -0.2) is 4.57 Å². The van der Waals surface area contributed by atoms with Crippen molar-refractivity contribution >= 4 is 25.7 Å². The van der Waals surface area contributed by atoms with Crippen LogP contribution in [0.1, 0.15) is 194 Å². The van der Waals surface area contributed by atoms with E-state index in [0.717, 1.165) is 38.5 Å². The number of esters is 2. The molecule has 11 nitrogen and oxygen atoms in total. The first-order valence-electron chi connectivity index (χ1n) is 20.7. The summed E-state index contributed by atoms with van der Waals surface area (Å²) in [4.78, 5) is 45.8. The Morgan fingerprint density at radius 2 is 0.981 bits per heavy atom. The molecule has 0 saturated carbocycles. The maximum atomic E-state index is 12.6. The largest absolute Gasteiger partial charge is 0.480 e. The highest BCUT2D eigenvalue weighted by molar-refractivity contribution is 7.47. The Morgan fingerprint density at radius 1 is 0.577 bits per heavy atom. The molecule has 0 amide bonds. The van der Waals surface area contributed by atoms with Gasteiger partial charge in [0.2, 0.25) is 0 Å². The Balaban J connectivity index is 4.37. The molecule has 306 valence electrons. The van der Waals surface area contributed by atoms with Gasteiger partial charge in [0.15, 0.2) is 6.10 Å². The van der Waals surface area contributed by atoms with Gasteiger partial charge in [-0.05, 0) is 32.1 Å². The van der Waals surface area contributed by atoms with Crippen LogP contribution in [0.25, 0.3) is 0 Å². The van der Waals surface area contributed by atoms with Gasteiger partial charge in [0.1, 0.15) is 12.6 Å². The molecule has 0 aromatic heterocycles. The fraction of sp³-hybridized carbons (Fsp3) is 0.875. The molecule has 0 aliphatic carbocycles. The standard InChI is InChI=1S/C40H76NO10P/c1-3-5-7-9-11-13-15-17-18-20-22-24-26-28-30-32-39(43)51-36(34-49-52(46,47)50-35-37(41)40(44)45)33-48-38(42)31-29-27-25-23-21-19-16-14-12-10-8-6-4-2/h9,11,36-37H,3-8,10,12-35,41H2,1-2H3,(H,44,45)(H,46,47)/b11-9+/t36-,37+/m1/s1. The monoisotopic (exact) mass is 762 g/mol. The molecule has 0 aliphatic heterocycles. The summed E-state index contributed by atoms with van der Waals surface area (Å²) in [6, 6.07) is -1.52. The number of carbonyl (C=O) groups is 3. The molecule has 0 aromatic carbocycles. The number of unbranched alkanes of at least 4 members (excludes halogenated alkanes) is 23. The number of ether oxygens (including phenoxy) is 2. The lowest BCUT2D eigenvalue weighted by Gasteiger charge is -2.20. The molecule has 0 rings (SSSR count). The zero-order valence-electron chi connectivity index (χ0n) is 32.9. The molecule has 0 heterocycles. The molecule has 3 atom stereocenters. The van der Waals surface area contributed by atoms with Crippen LogP contribution >= 0.6 is 7.82 Å². The maximum absolute atomic E-state index is 12.6. The van der Waals surface area contributed by atoms with Crippen molar-refractivity contribution in [2.75, 3.05) is 19.8 Å². The van der Waals surface area contributed by atoms with E-state index in [9.17, 15) is 23.8 Å². The normalized spacial score (nSPS) is 13.9. The van der Waals surface area contributed by atoms with E-state index in [1.807, 2.05) is 0 Å². The van der Waals surface area contributed by atoms with Crippen molar-refractivity contribution in [3.8, 4) is 0 Å². The van der Waals surface area contributed by atoms with Crippen LogP contribution in [-0.4, -0.2) is 59.9 Å². The van der Waals surface area contributed by atoms with Crippen LogP contribution in [-0.2, 0) is 37.5 Å². The first-order valence-corrected chi connectivity index (χ1v) is 22.2. The predicted molar refractivity (Wildman–Crippen MR) is 208 cm³/mol. The van der Waals surface area contributed by atoms with E-state index in [2.05, 4.69) is 30.5 Å². The SMILES string of the molecule is CCCC/C=C/CCCCCCCCCCCC(=O)O[C@H](COC(=O)CCCCCCCCCCCCCCC)COP(=O)(O)OC[C@H](N)C(=O)O.